The normalized spacial score (nSPS) is 23.3. The first-order valence-electron chi connectivity index (χ1n) is 9.77. The summed E-state index contributed by atoms with van der Waals surface area (Å²) in [4.78, 5) is 19.0. The number of amides is 1. The topological polar surface area (TPSA) is 60.9 Å². The Hall–Kier alpha value is -2.43. The van der Waals surface area contributed by atoms with Crippen LogP contribution in [0.3, 0.4) is 0 Å². The van der Waals surface area contributed by atoms with Crippen LogP contribution in [0.25, 0.3) is 0 Å². The first kappa shape index (κ1) is 22.8. The number of benzene rings is 1. The third kappa shape index (κ3) is 4.26. The van der Waals surface area contributed by atoms with Crippen molar-refractivity contribution in [1.82, 2.24) is 9.88 Å². The number of alkyl halides is 4. The second-order valence-electron chi connectivity index (χ2n) is 7.52. The Morgan fingerprint density at radius 1 is 1.34 bits per heavy atom. The number of fused-ring (bicyclic) bond motifs is 1. The number of likely N-dealkylation sites (tertiary alicyclic amines) is 1. The molecule has 32 heavy (non-hydrogen) atoms. The van der Waals surface area contributed by atoms with E-state index in [2.05, 4.69) is 4.98 Å². The van der Waals surface area contributed by atoms with Crippen LogP contribution in [-0.4, -0.2) is 60.7 Å². The zero-order valence-electron chi connectivity index (χ0n) is 16.6. The molecule has 2 saturated heterocycles. The Labute approximate surface area is 186 Å². The number of nitrogens with zero attached hydrogens (tertiary/aromatic N) is 2. The fourth-order valence-corrected chi connectivity index (χ4v) is 4.04. The van der Waals surface area contributed by atoms with Gasteiger partial charge >= 0.3 is 12.3 Å². The van der Waals surface area contributed by atoms with Crippen molar-refractivity contribution in [1.29, 1.82) is 0 Å². The number of aromatic nitrogens is 1. The fourth-order valence-electron chi connectivity index (χ4n) is 3.81. The lowest BCUT2D eigenvalue weighted by molar-refractivity contribution is -0.148. The molecule has 4 rings (SSSR count). The van der Waals surface area contributed by atoms with E-state index >= 15 is 0 Å². The largest absolute Gasteiger partial charge is 0.486 e. The molecule has 1 aromatic heterocycles. The van der Waals surface area contributed by atoms with Gasteiger partial charge in [-0.3, -0.25) is 9.78 Å². The Kier molecular flexibility index (Phi) is 6.28. The van der Waals surface area contributed by atoms with Crippen LogP contribution in [0, 0.1) is 0 Å². The zero-order chi connectivity index (χ0) is 22.9. The third-order valence-electron chi connectivity index (χ3n) is 5.55. The quantitative estimate of drug-likeness (QED) is 0.589. The van der Waals surface area contributed by atoms with E-state index in [0.29, 0.717) is 13.0 Å². The second kappa shape index (κ2) is 8.84. The summed E-state index contributed by atoms with van der Waals surface area (Å²) in [5.41, 5.74) is 0.204. The van der Waals surface area contributed by atoms with E-state index in [1.165, 1.54) is 18.2 Å². The Balaban J connectivity index is 1.45. The number of halogens is 5. The van der Waals surface area contributed by atoms with Crippen molar-refractivity contribution in [2.45, 2.75) is 30.5 Å². The Morgan fingerprint density at radius 3 is 2.84 bits per heavy atom. The molecule has 2 aromatic rings. The maximum Gasteiger partial charge on any atom is 0.340 e. The summed E-state index contributed by atoms with van der Waals surface area (Å²) < 4.78 is 67.1. The predicted molar refractivity (Wildman–Crippen MR) is 105 cm³/mol. The van der Waals surface area contributed by atoms with Gasteiger partial charge < -0.3 is 19.1 Å². The van der Waals surface area contributed by atoms with Gasteiger partial charge in [-0.25, -0.2) is 8.78 Å². The average Bonchev–Trinajstić information content (AvgIpc) is 3.22. The highest BCUT2D eigenvalue weighted by atomic mass is 35.5. The smallest absolute Gasteiger partial charge is 0.340 e. The summed E-state index contributed by atoms with van der Waals surface area (Å²) >= 11 is 6.03. The molecule has 172 valence electrons. The van der Waals surface area contributed by atoms with E-state index in [-0.39, 0.29) is 35.6 Å². The molecule has 0 spiro atoms. The van der Waals surface area contributed by atoms with Gasteiger partial charge in [0, 0.05) is 24.7 Å². The summed E-state index contributed by atoms with van der Waals surface area (Å²) in [5.74, 6) is -4.87. The molecule has 1 aromatic carbocycles. The molecule has 0 bridgehead atoms. The van der Waals surface area contributed by atoms with Crippen LogP contribution in [0.15, 0.2) is 42.6 Å². The first-order chi connectivity index (χ1) is 15.2. The minimum Gasteiger partial charge on any atom is -0.486 e. The van der Waals surface area contributed by atoms with Crippen LogP contribution in [0.5, 0.6) is 5.75 Å². The number of hydrogen-bond acceptors (Lipinski definition) is 5. The minimum absolute atomic E-state index is 0.0877. The van der Waals surface area contributed by atoms with Gasteiger partial charge in [0.2, 0.25) is 0 Å². The monoisotopic (exact) mass is 474 g/mol. The molecule has 6 nitrogen and oxygen atoms in total. The van der Waals surface area contributed by atoms with Crippen molar-refractivity contribution in [3.8, 4) is 5.75 Å². The minimum atomic E-state index is -4.31. The van der Waals surface area contributed by atoms with Crippen LogP contribution in [0.1, 0.15) is 22.5 Å². The summed E-state index contributed by atoms with van der Waals surface area (Å²) in [5, 5.41) is -0.138. The Morgan fingerprint density at radius 2 is 2.16 bits per heavy atom. The van der Waals surface area contributed by atoms with E-state index in [0.717, 1.165) is 5.69 Å². The number of rotatable bonds is 6. The molecular formula is C21H19ClF4N2O4. The molecule has 0 saturated carbocycles. The lowest BCUT2D eigenvalue weighted by Gasteiger charge is -2.41. The van der Waals surface area contributed by atoms with E-state index in [1.807, 2.05) is 12.1 Å². The first-order valence-corrected chi connectivity index (χ1v) is 10.2. The summed E-state index contributed by atoms with van der Waals surface area (Å²) in [6.45, 7) is -0.819. The number of carbonyl (C=O) groups is 1. The highest BCUT2D eigenvalue weighted by Crippen LogP contribution is 2.42. The van der Waals surface area contributed by atoms with Crippen molar-refractivity contribution < 1.29 is 36.6 Å². The number of carbonyl (C=O) groups excluding carboxylic acids is 1. The molecule has 1 amide bonds. The van der Waals surface area contributed by atoms with Gasteiger partial charge in [0.25, 0.3) is 5.91 Å². The summed E-state index contributed by atoms with van der Waals surface area (Å²) in [7, 11) is 0. The van der Waals surface area contributed by atoms with Crippen LogP contribution in [0.2, 0.25) is 5.02 Å². The van der Waals surface area contributed by atoms with Crippen molar-refractivity contribution in [2.75, 3.05) is 26.5 Å². The van der Waals surface area contributed by atoms with Gasteiger partial charge in [-0.2, -0.15) is 8.78 Å². The van der Waals surface area contributed by atoms with Crippen molar-refractivity contribution >= 4 is 17.5 Å². The lowest BCUT2D eigenvalue weighted by Crippen LogP contribution is -2.53. The molecule has 0 radical (unpaired) electrons. The van der Waals surface area contributed by atoms with Gasteiger partial charge in [-0.05, 0) is 30.3 Å². The van der Waals surface area contributed by atoms with E-state index in [4.69, 9.17) is 25.8 Å². The van der Waals surface area contributed by atoms with Gasteiger partial charge in [0.15, 0.2) is 6.61 Å². The lowest BCUT2D eigenvalue weighted by atomic mass is 9.85. The highest BCUT2D eigenvalue weighted by molar-refractivity contribution is 6.32. The second-order valence-corrected chi connectivity index (χ2v) is 7.93. The molecule has 2 atom stereocenters. The maximum absolute atomic E-state index is 13.1. The predicted octanol–water partition coefficient (Wildman–Crippen LogP) is 4.13. The van der Waals surface area contributed by atoms with Crippen LogP contribution >= 0.6 is 11.6 Å². The SMILES string of the molecule is O=C(c1ccc(OCC(F)(F)C(F)F)c(Cl)c1)N1CCC2(c3ccccn3)OCOC2C1. The fraction of sp³-hybridized carbons (Fsp3) is 0.429. The maximum atomic E-state index is 13.1. The van der Waals surface area contributed by atoms with E-state index < -0.39 is 30.7 Å². The molecule has 0 N–H and O–H groups in total. The molecule has 2 unspecified atom stereocenters. The molecule has 0 aliphatic carbocycles. The van der Waals surface area contributed by atoms with Gasteiger partial charge in [-0.15, -0.1) is 0 Å². The van der Waals surface area contributed by atoms with Crippen molar-refractivity contribution in [3.05, 3.63) is 58.9 Å². The molecule has 3 heterocycles. The number of pyridine rings is 1. The van der Waals surface area contributed by atoms with E-state index in [1.54, 1.807) is 17.2 Å². The third-order valence-corrected chi connectivity index (χ3v) is 5.84. The number of hydrogen-bond donors (Lipinski definition) is 0. The number of ether oxygens (including phenoxy) is 3. The zero-order valence-corrected chi connectivity index (χ0v) is 17.4. The van der Waals surface area contributed by atoms with Crippen LogP contribution in [-0.2, 0) is 15.1 Å². The van der Waals surface area contributed by atoms with Crippen molar-refractivity contribution in [3.63, 3.8) is 0 Å². The molecule has 2 aliphatic rings. The van der Waals surface area contributed by atoms with Crippen LogP contribution in [0.4, 0.5) is 17.6 Å². The average molecular weight is 475 g/mol. The Bertz CT molecular complexity index is 982. The standard InChI is InChI=1S/C21H19ClF4N2O4/c22-14-9-13(4-5-15(14)30-11-21(25,26)19(23)24)18(29)28-8-6-20(16-3-1-2-7-27-16)17(10-28)31-12-32-20/h1-5,7,9,17,19H,6,8,10-12H2. The molecule has 2 fully saturated rings. The van der Waals surface area contributed by atoms with Gasteiger partial charge in [0.1, 0.15) is 24.2 Å². The molecule has 11 heteroatoms. The molecular weight excluding hydrogens is 456 g/mol. The van der Waals surface area contributed by atoms with Gasteiger partial charge in [0.05, 0.1) is 17.3 Å². The van der Waals surface area contributed by atoms with Crippen LogP contribution < -0.4 is 4.74 Å². The number of piperidine rings is 1. The van der Waals surface area contributed by atoms with E-state index in [9.17, 15) is 22.4 Å². The summed E-state index contributed by atoms with van der Waals surface area (Å²) in [6.07, 6.45) is -2.13. The summed E-state index contributed by atoms with van der Waals surface area (Å²) in [6, 6.07) is 9.32. The molecule has 2 aliphatic heterocycles. The van der Waals surface area contributed by atoms with Crippen molar-refractivity contribution in [2.24, 2.45) is 0 Å². The highest BCUT2D eigenvalue weighted by Gasteiger charge is 2.52. The van der Waals surface area contributed by atoms with Gasteiger partial charge in [-0.1, -0.05) is 17.7 Å².